The van der Waals surface area contributed by atoms with Gasteiger partial charge in [0.2, 0.25) is 5.91 Å². The Bertz CT molecular complexity index is 926. The first-order chi connectivity index (χ1) is 14.1. The lowest BCUT2D eigenvalue weighted by Crippen LogP contribution is -2.23. The highest BCUT2D eigenvalue weighted by Crippen LogP contribution is 2.28. The number of para-hydroxylation sites is 1. The van der Waals surface area contributed by atoms with Crippen molar-refractivity contribution in [2.45, 2.75) is 43.6 Å². The van der Waals surface area contributed by atoms with E-state index < -0.39 is 0 Å². The van der Waals surface area contributed by atoms with Crippen molar-refractivity contribution in [2.75, 3.05) is 12.4 Å². The first kappa shape index (κ1) is 20.9. The minimum absolute atomic E-state index is 0.0581. The molecule has 0 unspecified atom stereocenters. The smallest absolute Gasteiger partial charge is 0.237 e. The molecule has 7 heteroatoms. The van der Waals surface area contributed by atoms with Gasteiger partial charge in [-0.05, 0) is 49.7 Å². The lowest BCUT2D eigenvalue weighted by molar-refractivity contribution is -0.115. The van der Waals surface area contributed by atoms with Crippen LogP contribution in [0, 0.1) is 0 Å². The molecule has 0 radical (unpaired) electrons. The molecule has 1 atom stereocenters. The quantitative estimate of drug-likeness (QED) is 0.510. The van der Waals surface area contributed by atoms with Crippen LogP contribution in [0.4, 0.5) is 5.69 Å². The Morgan fingerprint density at radius 2 is 1.86 bits per heavy atom. The molecule has 1 heterocycles. The van der Waals surface area contributed by atoms with Gasteiger partial charge in [-0.3, -0.25) is 4.79 Å². The highest BCUT2D eigenvalue weighted by Gasteiger charge is 2.21. The second kappa shape index (κ2) is 10.1. The minimum Gasteiger partial charge on any atom is -0.497 e. The average molecular weight is 411 g/mol. The predicted octanol–water partition coefficient (Wildman–Crippen LogP) is 4.87. The van der Waals surface area contributed by atoms with Gasteiger partial charge < -0.3 is 14.6 Å². The summed E-state index contributed by atoms with van der Waals surface area (Å²) in [4.78, 5) is 12.6. The molecule has 29 heavy (non-hydrogen) atoms. The lowest BCUT2D eigenvalue weighted by atomic mass is 10.2. The van der Waals surface area contributed by atoms with Gasteiger partial charge in [-0.15, -0.1) is 10.2 Å². The molecule has 3 rings (SSSR count). The summed E-state index contributed by atoms with van der Waals surface area (Å²) in [6.07, 6.45) is 2.08. The number of carbonyl (C=O) groups excluding carboxylic acids is 1. The fraction of sp³-hybridized carbons (Fsp3) is 0.318. The summed E-state index contributed by atoms with van der Waals surface area (Å²) in [7, 11) is 1.65. The number of carbonyl (C=O) groups is 1. The third-order valence-electron chi connectivity index (χ3n) is 4.49. The Labute approximate surface area is 175 Å². The number of aromatic nitrogens is 3. The normalized spacial score (nSPS) is 11.8. The standard InChI is InChI=1S/C22H26N4O2S/c1-4-5-15-26-20(17-11-13-19(28-3)14-12-17)24-25-22(26)29-16(2)21(27)23-18-9-7-6-8-10-18/h6-14,16H,4-5,15H2,1-3H3,(H,23,27)/t16-/m0/s1. The number of rotatable bonds is 9. The SMILES string of the molecule is CCCCn1c(S[C@@H](C)C(=O)Nc2ccccc2)nnc1-c1ccc(OC)cc1. The monoisotopic (exact) mass is 410 g/mol. The molecule has 0 spiro atoms. The number of nitrogens with zero attached hydrogens (tertiary/aromatic N) is 3. The molecular weight excluding hydrogens is 384 g/mol. The molecule has 3 aromatic rings. The number of hydrogen-bond acceptors (Lipinski definition) is 5. The van der Waals surface area contributed by atoms with Crippen molar-refractivity contribution in [3.05, 3.63) is 54.6 Å². The molecule has 0 saturated carbocycles. The molecule has 0 aliphatic rings. The summed E-state index contributed by atoms with van der Waals surface area (Å²) in [6, 6.07) is 17.3. The van der Waals surface area contributed by atoms with E-state index >= 15 is 0 Å². The van der Waals surface area contributed by atoms with Gasteiger partial charge in [0.25, 0.3) is 0 Å². The van der Waals surface area contributed by atoms with Gasteiger partial charge in [0.15, 0.2) is 11.0 Å². The van der Waals surface area contributed by atoms with E-state index in [9.17, 15) is 4.79 Å². The molecule has 0 aliphatic heterocycles. The number of unbranched alkanes of at least 4 members (excludes halogenated alkanes) is 1. The van der Waals surface area contributed by atoms with Crippen molar-refractivity contribution in [2.24, 2.45) is 0 Å². The number of anilines is 1. The van der Waals surface area contributed by atoms with Crippen LogP contribution >= 0.6 is 11.8 Å². The highest BCUT2D eigenvalue weighted by atomic mass is 32.2. The van der Waals surface area contributed by atoms with Crippen molar-refractivity contribution in [1.82, 2.24) is 14.8 Å². The molecule has 2 aromatic carbocycles. The van der Waals surface area contributed by atoms with E-state index in [2.05, 4.69) is 27.0 Å². The number of nitrogens with one attached hydrogen (secondary N) is 1. The van der Waals surface area contributed by atoms with Crippen LogP contribution in [-0.4, -0.2) is 33.0 Å². The first-order valence-corrected chi connectivity index (χ1v) is 10.6. The van der Waals surface area contributed by atoms with E-state index in [-0.39, 0.29) is 11.2 Å². The molecule has 0 saturated heterocycles. The molecule has 6 nitrogen and oxygen atoms in total. The number of benzene rings is 2. The zero-order chi connectivity index (χ0) is 20.6. The molecule has 1 aromatic heterocycles. The van der Waals surface area contributed by atoms with Crippen LogP contribution in [0.25, 0.3) is 11.4 Å². The summed E-state index contributed by atoms with van der Waals surface area (Å²) in [6.45, 7) is 4.84. The van der Waals surface area contributed by atoms with Gasteiger partial charge in [-0.2, -0.15) is 0 Å². The largest absolute Gasteiger partial charge is 0.497 e. The maximum atomic E-state index is 12.6. The maximum Gasteiger partial charge on any atom is 0.237 e. The van der Waals surface area contributed by atoms with Crippen LogP contribution in [0.3, 0.4) is 0 Å². The summed E-state index contributed by atoms with van der Waals surface area (Å²) in [5.74, 6) is 1.55. The van der Waals surface area contributed by atoms with Crippen molar-refractivity contribution in [3.63, 3.8) is 0 Å². The van der Waals surface area contributed by atoms with Crippen LogP contribution in [0.1, 0.15) is 26.7 Å². The van der Waals surface area contributed by atoms with Gasteiger partial charge in [-0.25, -0.2) is 0 Å². The lowest BCUT2D eigenvalue weighted by Gasteiger charge is -2.14. The second-order valence-electron chi connectivity index (χ2n) is 6.66. The van der Waals surface area contributed by atoms with E-state index in [0.717, 1.165) is 47.4 Å². The van der Waals surface area contributed by atoms with E-state index in [0.29, 0.717) is 0 Å². The molecule has 0 aliphatic carbocycles. The third kappa shape index (κ3) is 5.38. The summed E-state index contributed by atoms with van der Waals surface area (Å²) in [5.41, 5.74) is 1.76. The number of methoxy groups -OCH3 is 1. The Balaban J connectivity index is 1.78. The molecule has 0 bridgehead atoms. The Hall–Kier alpha value is -2.80. The van der Waals surface area contributed by atoms with Crippen molar-refractivity contribution < 1.29 is 9.53 Å². The minimum atomic E-state index is -0.302. The van der Waals surface area contributed by atoms with Gasteiger partial charge in [0.05, 0.1) is 12.4 Å². The van der Waals surface area contributed by atoms with Gasteiger partial charge in [0.1, 0.15) is 5.75 Å². The predicted molar refractivity (Wildman–Crippen MR) is 117 cm³/mol. The van der Waals surface area contributed by atoms with Gasteiger partial charge in [-0.1, -0.05) is 43.3 Å². The topological polar surface area (TPSA) is 69.0 Å². The van der Waals surface area contributed by atoms with Crippen LogP contribution in [0.2, 0.25) is 0 Å². The van der Waals surface area contributed by atoms with E-state index in [4.69, 9.17) is 4.74 Å². The Morgan fingerprint density at radius 1 is 1.14 bits per heavy atom. The van der Waals surface area contributed by atoms with E-state index in [1.165, 1.54) is 11.8 Å². The van der Waals surface area contributed by atoms with Gasteiger partial charge >= 0.3 is 0 Å². The summed E-state index contributed by atoms with van der Waals surface area (Å²) >= 11 is 1.42. The fourth-order valence-electron chi connectivity index (χ4n) is 2.82. The molecule has 1 amide bonds. The third-order valence-corrected chi connectivity index (χ3v) is 5.57. The molecule has 152 valence electrons. The first-order valence-electron chi connectivity index (χ1n) is 9.72. The Kier molecular flexibility index (Phi) is 7.30. The summed E-state index contributed by atoms with van der Waals surface area (Å²) < 4.78 is 7.34. The second-order valence-corrected chi connectivity index (χ2v) is 7.96. The van der Waals surface area contributed by atoms with Crippen LogP contribution in [0.5, 0.6) is 5.75 Å². The number of ether oxygens (including phenoxy) is 1. The molecule has 1 N–H and O–H groups in total. The van der Waals surface area contributed by atoms with Crippen LogP contribution in [0.15, 0.2) is 59.8 Å². The highest BCUT2D eigenvalue weighted by molar-refractivity contribution is 8.00. The van der Waals surface area contributed by atoms with Crippen molar-refractivity contribution in [1.29, 1.82) is 0 Å². The van der Waals surface area contributed by atoms with Crippen molar-refractivity contribution >= 4 is 23.4 Å². The number of amides is 1. The van der Waals surface area contributed by atoms with E-state index in [1.54, 1.807) is 7.11 Å². The van der Waals surface area contributed by atoms with Crippen molar-refractivity contribution in [3.8, 4) is 17.1 Å². The zero-order valence-electron chi connectivity index (χ0n) is 17.0. The number of hydrogen-bond donors (Lipinski definition) is 1. The molecule has 0 fully saturated rings. The van der Waals surface area contributed by atoms with Crippen LogP contribution in [-0.2, 0) is 11.3 Å². The zero-order valence-corrected chi connectivity index (χ0v) is 17.8. The number of thioether (sulfide) groups is 1. The fourth-order valence-corrected chi connectivity index (χ4v) is 3.70. The van der Waals surface area contributed by atoms with E-state index in [1.807, 2.05) is 61.5 Å². The Morgan fingerprint density at radius 3 is 2.52 bits per heavy atom. The maximum absolute atomic E-state index is 12.6. The molecular formula is C22H26N4O2S. The van der Waals surface area contributed by atoms with Crippen LogP contribution < -0.4 is 10.1 Å². The summed E-state index contributed by atoms with van der Waals surface area (Å²) in [5, 5.41) is 12.2. The van der Waals surface area contributed by atoms with Gasteiger partial charge in [0, 0.05) is 17.8 Å². The average Bonchev–Trinajstić information content (AvgIpc) is 3.15.